The van der Waals surface area contributed by atoms with Crippen molar-refractivity contribution in [3.63, 3.8) is 0 Å². The predicted octanol–water partition coefficient (Wildman–Crippen LogP) is 4.20. The summed E-state index contributed by atoms with van der Waals surface area (Å²) in [6.07, 6.45) is 2.83. The van der Waals surface area contributed by atoms with E-state index in [0.717, 1.165) is 38.9 Å². The molecule has 120 valence electrons. The van der Waals surface area contributed by atoms with E-state index in [1.54, 1.807) is 6.20 Å². The lowest BCUT2D eigenvalue weighted by Crippen LogP contribution is -2.12. The Balaban J connectivity index is 1.71. The molecule has 0 aliphatic rings. The Labute approximate surface area is 142 Å². The molecule has 0 spiro atoms. The number of hydrogen-bond donors (Lipinski definition) is 2. The van der Waals surface area contributed by atoms with Crippen molar-refractivity contribution in [1.29, 1.82) is 0 Å². The molecule has 0 amide bonds. The Kier molecular flexibility index (Phi) is 4.97. The smallest absolute Gasteiger partial charge is 0.206 e. The van der Waals surface area contributed by atoms with E-state index < -0.39 is 0 Å². The second-order valence-electron chi connectivity index (χ2n) is 5.17. The van der Waals surface area contributed by atoms with Crippen LogP contribution in [0.2, 0.25) is 0 Å². The first-order chi connectivity index (χ1) is 11.2. The standard InChI is InChI=1S/C16H18N4OS2/c1-3-8-17-15-19-20-16(23-15)22-10(2)14(21)12-9-18-13-7-5-4-6-11(12)13/h4-7,9-10,18H,3,8H2,1-2H3,(H,17,19)/t10-/m0/s1. The Morgan fingerprint density at radius 2 is 2.22 bits per heavy atom. The molecule has 3 rings (SSSR count). The SMILES string of the molecule is CCCNc1nnc(S[C@@H](C)C(=O)c2c[nH]c3ccccc23)s1. The molecule has 2 aromatic heterocycles. The monoisotopic (exact) mass is 346 g/mol. The van der Waals surface area contributed by atoms with E-state index >= 15 is 0 Å². The largest absolute Gasteiger partial charge is 0.360 e. The van der Waals surface area contributed by atoms with Gasteiger partial charge in [0.1, 0.15) is 0 Å². The lowest BCUT2D eigenvalue weighted by Gasteiger charge is -2.06. The summed E-state index contributed by atoms with van der Waals surface area (Å²) in [5.74, 6) is 0.103. The van der Waals surface area contributed by atoms with Gasteiger partial charge in [-0.05, 0) is 19.4 Å². The Morgan fingerprint density at radius 3 is 3.04 bits per heavy atom. The van der Waals surface area contributed by atoms with Crippen LogP contribution in [0.4, 0.5) is 5.13 Å². The fourth-order valence-electron chi connectivity index (χ4n) is 2.26. The minimum Gasteiger partial charge on any atom is -0.360 e. The summed E-state index contributed by atoms with van der Waals surface area (Å²) in [6.45, 7) is 4.89. The molecule has 0 unspecified atom stereocenters. The number of fused-ring (bicyclic) bond motifs is 1. The molecule has 0 saturated carbocycles. The Morgan fingerprint density at radius 1 is 1.39 bits per heavy atom. The predicted molar refractivity (Wildman–Crippen MR) is 96.6 cm³/mol. The summed E-state index contributed by atoms with van der Waals surface area (Å²) in [5.41, 5.74) is 1.71. The van der Waals surface area contributed by atoms with Gasteiger partial charge in [-0.15, -0.1) is 10.2 Å². The Hall–Kier alpha value is -1.86. The van der Waals surface area contributed by atoms with Gasteiger partial charge in [-0.25, -0.2) is 0 Å². The third-order valence-electron chi connectivity index (χ3n) is 3.43. The van der Waals surface area contributed by atoms with Gasteiger partial charge >= 0.3 is 0 Å². The van der Waals surface area contributed by atoms with Crippen molar-refractivity contribution >= 4 is 44.9 Å². The molecule has 2 heterocycles. The number of nitrogens with one attached hydrogen (secondary N) is 2. The summed E-state index contributed by atoms with van der Waals surface area (Å²) in [7, 11) is 0. The van der Waals surface area contributed by atoms with E-state index in [1.807, 2.05) is 31.2 Å². The average molecular weight is 346 g/mol. The molecule has 0 saturated heterocycles. The number of benzene rings is 1. The number of anilines is 1. The summed E-state index contributed by atoms with van der Waals surface area (Å²) < 4.78 is 0.810. The minimum absolute atomic E-state index is 0.103. The Bertz CT molecular complexity index is 811. The molecule has 2 N–H and O–H groups in total. The molecule has 1 atom stereocenters. The van der Waals surface area contributed by atoms with Gasteiger partial charge in [-0.3, -0.25) is 4.79 Å². The molecule has 0 fully saturated rings. The van der Waals surface area contributed by atoms with Crippen LogP contribution < -0.4 is 5.32 Å². The maximum absolute atomic E-state index is 12.7. The van der Waals surface area contributed by atoms with Crippen LogP contribution in [0.1, 0.15) is 30.6 Å². The van der Waals surface area contributed by atoms with Crippen molar-refractivity contribution in [3.05, 3.63) is 36.0 Å². The zero-order chi connectivity index (χ0) is 16.2. The number of thioether (sulfide) groups is 1. The first kappa shape index (κ1) is 16.0. The van der Waals surface area contributed by atoms with E-state index in [0.29, 0.717) is 0 Å². The minimum atomic E-state index is -0.207. The summed E-state index contributed by atoms with van der Waals surface area (Å²) in [4.78, 5) is 15.9. The van der Waals surface area contributed by atoms with Crippen LogP contribution in [-0.2, 0) is 0 Å². The van der Waals surface area contributed by atoms with Crippen molar-refractivity contribution in [2.45, 2.75) is 29.9 Å². The fourth-order valence-corrected chi connectivity index (χ4v) is 4.25. The highest BCUT2D eigenvalue weighted by Gasteiger charge is 2.21. The summed E-state index contributed by atoms with van der Waals surface area (Å²) in [6, 6.07) is 7.84. The average Bonchev–Trinajstić information content (AvgIpc) is 3.18. The third-order valence-corrected chi connectivity index (χ3v) is 5.50. The molecule has 3 aromatic rings. The molecule has 0 aliphatic heterocycles. The second-order valence-corrected chi connectivity index (χ2v) is 7.74. The van der Waals surface area contributed by atoms with Crippen LogP contribution in [0.3, 0.4) is 0 Å². The molecule has 0 radical (unpaired) electrons. The van der Waals surface area contributed by atoms with E-state index in [9.17, 15) is 4.79 Å². The van der Waals surface area contributed by atoms with Crippen LogP contribution in [0.5, 0.6) is 0 Å². The zero-order valence-corrected chi connectivity index (χ0v) is 14.6. The molecule has 5 nitrogen and oxygen atoms in total. The number of aromatic amines is 1. The molecule has 1 aromatic carbocycles. The summed E-state index contributed by atoms with van der Waals surface area (Å²) >= 11 is 2.94. The van der Waals surface area contributed by atoms with Crippen LogP contribution in [0.15, 0.2) is 34.8 Å². The third kappa shape index (κ3) is 3.56. The molecular weight excluding hydrogens is 328 g/mol. The number of para-hydroxylation sites is 1. The highest BCUT2D eigenvalue weighted by molar-refractivity contribution is 8.02. The number of nitrogens with zero attached hydrogens (tertiary/aromatic N) is 2. The number of Topliss-reactive ketones (excluding diaryl/α,β-unsaturated/α-hetero) is 1. The number of H-pyrrole nitrogens is 1. The van der Waals surface area contributed by atoms with Gasteiger partial charge in [0.15, 0.2) is 10.1 Å². The lowest BCUT2D eigenvalue weighted by molar-refractivity contribution is 0.0995. The van der Waals surface area contributed by atoms with Crippen molar-refractivity contribution in [2.75, 3.05) is 11.9 Å². The van der Waals surface area contributed by atoms with Gasteiger partial charge in [0.2, 0.25) is 5.13 Å². The van der Waals surface area contributed by atoms with Gasteiger partial charge in [0.25, 0.3) is 0 Å². The maximum Gasteiger partial charge on any atom is 0.206 e. The molecular formula is C16H18N4OS2. The van der Waals surface area contributed by atoms with Crippen molar-refractivity contribution in [3.8, 4) is 0 Å². The van der Waals surface area contributed by atoms with Crippen LogP contribution in [0, 0.1) is 0 Å². The van der Waals surface area contributed by atoms with Gasteiger partial charge in [0, 0.05) is 29.2 Å². The van der Waals surface area contributed by atoms with Gasteiger partial charge in [-0.1, -0.05) is 48.2 Å². The van der Waals surface area contributed by atoms with E-state index in [2.05, 4.69) is 27.4 Å². The lowest BCUT2D eigenvalue weighted by atomic mass is 10.1. The number of rotatable bonds is 7. The topological polar surface area (TPSA) is 70.7 Å². The fraction of sp³-hybridized carbons (Fsp3) is 0.312. The number of hydrogen-bond acceptors (Lipinski definition) is 6. The zero-order valence-electron chi connectivity index (χ0n) is 13.0. The van der Waals surface area contributed by atoms with Crippen molar-refractivity contribution < 1.29 is 4.79 Å². The van der Waals surface area contributed by atoms with Gasteiger partial charge in [-0.2, -0.15) is 0 Å². The van der Waals surface area contributed by atoms with E-state index in [1.165, 1.54) is 23.1 Å². The number of carbonyl (C=O) groups excluding carboxylic acids is 1. The van der Waals surface area contributed by atoms with Crippen molar-refractivity contribution in [1.82, 2.24) is 15.2 Å². The normalized spacial score (nSPS) is 12.4. The molecule has 0 bridgehead atoms. The van der Waals surface area contributed by atoms with Crippen LogP contribution >= 0.6 is 23.1 Å². The van der Waals surface area contributed by atoms with Gasteiger partial charge in [0.05, 0.1) is 5.25 Å². The molecule has 0 aliphatic carbocycles. The highest BCUT2D eigenvalue weighted by Crippen LogP contribution is 2.31. The highest BCUT2D eigenvalue weighted by atomic mass is 32.2. The van der Waals surface area contributed by atoms with Crippen LogP contribution in [0.25, 0.3) is 10.9 Å². The number of aromatic nitrogens is 3. The maximum atomic E-state index is 12.7. The number of ketones is 1. The second kappa shape index (κ2) is 7.14. The molecule has 7 heteroatoms. The first-order valence-electron chi connectivity index (χ1n) is 7.53. The van der Waals surface area contributed by atoms with E-state index in [4.69, 9.17) is 0 Å². The quantitative estimate of drug-likeness (QED) is 0.495. The van der Waals surface area contributed by atoms with E-state index in [-0.39, 0.29) is 11.0 Å². The first-order valence-corrected chi connectivity index (χ1v) is 9.23. The van der Waals surface area contributed by atoms with Crippen LogP contribution in [-0.4, -0.2) is 32.8 Å². The summed E-state index contributed by atoms with van der Waals surface area (Å²) in [5, 5.41) is 13.0. The van der Waals surface area contributed by atoms with Gasteiger partial charge < -0.3 is 10.3 Å². The number of carbonyl (C=O) groups is 1. The van der Waals surface area contributed by atoms with Crippen molar-refractivity contribution in [2.24, 2.45) is 0 Å². The molecule has 23 heavy (non-hydrogen) atoms.